The molecule has 3 heteroatoms. The first kappa shape index (κ1) is 9.13. The van der Waals surface area contributed by atoms with Crippen molar-refractivity contribution >= 4 is 0 Å². The van der Waals surface area contributed by atoms with E-state index >= 15 is 0 Å². The fraction of sp³-hybridized carbons (Fsp3) is 0.333. The number of halogens is 2. The maximum absolute atomic E-state index is 12.6. The first-order valence-electron chi connectivity index (χ1n) is 3.71. The second-order valence-electron chi connectivity index (χ2n) is 2.83. The van der Waals surface area contributed by atoms with Crippen molar-refractivity contribution < 1.29 is 13.9 Å². The van der Waals surface area contributed by atoms with E-state index in [-0.39, 0.29) is 6.42 Å². The Bertz CT molecular complexity index is 251. The zero-order valence-electron chi connectivity index (χ0n) is 6.72. The van der Waals surface area contributed by atoms with Gasteiger partial charge in [-0.25, -0.2) is 8.78 Å². The lowest BCUT2D eigenvalue weighted by molar-refractivity contribution is 0.195. The van der Waals surface area contributed by atoms with E-state index in [1.54, 1.807) is 6.92 Å². The maximum Gasteiger partial charge on any atom is 0.126 e. The Morgan fingerprint density at radius 1 is 1.25 bits per heavy atom. The lowest BCUT2D eigenvalue weighted by Crippen LogP contribution is -2.04. The van der Waals surface area contributed by atoms with Crippen LogP contribution in [0.25, 0.3) is 0 Å². The highest BCUT2D eigenvalue weighted by molar-refractivity contribution is 5.18. The van der Waals surface area contributed by atoms with Gasteiger partial charge < -0.3 is 5.11 Å². The Morgan fingerprint density at radius 3 is 2.17 bits per heavy atom. The largest absolute Gasteiger partial charge is 0.393 e. The van der Waals surface area contributed by atoms with Crippen LogP contribution < -0.4 is 0 Å². The van der Waals surface area contributed by atoms with Crippen molar-refractivity contribution in [3.8, 4) is 0 Å². The van der Waals surface area contributed by atoms with Crippen LogP contribution in [0.1, 0.15) is 12.5 Å². The summed E-state index contributed by atoms with van der Waals surface area (Å²) < 4.78 is 25.1. The van der Waals surface area contributed by atoms with Crippen LogP contribution in [0.15, 0.2) is 18.2 Å². The van der Waals surface area contributed by atoms with E-state index in [9.17, 15) is 8.78 Å². The minimum atomic E-state index is -0.606. The molecule has 1 rings (SSSR count). The van der Waals surface area contributed by atoms with E-state index in [4.69, 9.17) is 5.11 Å². The molecule has 0 aliphatic heterocycles. The SMILES string of the molecule is C[C@@H](O)Cc1cc(F)cc(F)c1. The van der Waals surface area contributed by atoms with Gasteiger partial charge in [0, 0.05) is 6.07 Å². The second kappa shape index (κ2) is 3.63. The molecule has 0 bridgehead atoms. The van der Waals surface area contributed by atoms with Crippen LogP contribution in [0.5, 0.6) is 0 Å². The molecule has 1 atom stereocenters. The standard InChI is InChI=1S/C9H10F2O/c1-6(12)2-7-3-8(10)5-9(11)4-7/h3-6,12H,2H2,1H3/t6-/m1/s1. The van der Waals surface area contributed by atoms with Gasteiger partial charge in [0.2, 0.25) is 0 Å². The third-order valence-corrected chi connectivity index (χ3v) is 1.45. The summed E-state index contributed by atoms with van der Waals surface area (Å²) in [5.74, 6) is -1.21. The van der Waals surface area contributed by atoms with Gasteiger partial charge in [-0.15, -0.1) is 0 Å². The number of aliphatic hydroxyl groups is 1. The molecular formula is C9H10F2O. The van der Waals surface area contributed by atoms with Crippen LogP contribution in [0.4, 0.5) is 8.78 Å². The van der Waals surface area contributed by atoms with Gasteiger partial charge in [0.15, 0.2) is 0 Å². The van der Waals surface area contributed by atoms with Crippen LogP contribution in [-0.4, -0.2) is 11.2 Å². The Hall–Kier alpha value is -0.960. The summed E-state index contributed by atoms with van der Waals surface area (Å²) in [5.41, 5.74) is 0.475. The zero-order valence-corrected chi connectivity index (χ0v) is 6.72. The molecule has 0 saturated heterocycles. The molecule has 1 nitrogen and oxygen atoms in total. The van der Waals surface area contributed by atoms with Crippen LogP contribution in [0.2, 0.25) is 0 Å². The number of aliphatic hydroxyl groups excluding tert-OH is 1. The van der Waals surface area contributed by atoms with Gasteiger partial charge in [0.1, 0.15) is 11.6 Å². The molecule has 12 heavy (non-hydrogen) atoms. The van der Waals surface area contributed by atoms with E-state index in [1.807, 2.05) is 0 Å². The highest BCUT2D eigenvalue weighted by atomic mass is 19.1. The van der Waals surface area contributed by atoms with E-state index in [1.165, 1.54) is 12.1 Å². The summed E-state index contributed by atoms with van der Waals surface area (Å²) in [6, 6.07) is 3.25. The van der Waals surface area contributed by atoms with Gasteiger partial charge >= 0.3 is 0 Å². The Kier molecular flexibility index (Phi) is 2.76. The quantitative estimate of drug-likeness (QED) is 0.722. The summed E-state index contributed by atoms with van der Waals surface area (Å²) in [6.07, 6.45) is -0.305. The van der Waals surface area contributed by atoms with Crippen molar-refractivity contribution in [3.63, 3.8) is 0 Å². The Labute approximate surface area is 69.7 Å². The Morgan fingerprint density at radius 2 is 1.75 bits per heavy atom. The number of hydrogen-bond donors (Lipinski definition) is 1. The molecule has 0 amide bonds. The normalized spacial score (nSPS) is 13.0. The van der Waals surface area contributed by atoms with Crippen LogP contribution in [0.3, 0.4) is 0 Å². The number of benzene rings is 1. The average molecular weight is 172 g/mol. The third kappa shape index (κ3) is 2.58. The molecule has 0 aliphatic carbocycles. The van der Waals surface area contributed by atoms with Crippen LogP contribution in [-0.2, 0) is 6.42 Å². The molecule has 0 unspecified atom stereocenters. The minimum Gasteiger partial charge on any atom is -0.393 e. The molecule has 66 valence electrons. The molecule has 0 fully saturated rings. The van der Waals surface area contributed by atoms with Gasteiger partial charge in [-0.2, -0.15) is 0 Å². The molecule has 1 N–H and O–H groups in total. The molecule has 0 heterocycles. The van der Waals surface area contributed by atoms with Gasteiger partial charge in [-0.3, -0.25) is 0 Å². The van der Waals surface area contributed by atoms with Gasteiger partial charge in [-0.1, -0.05) is 0 Å². The highest BCUT2D eigenvalue weighted by Crippen LogP contribution is 2.09. The summed E-state index contributed by atoms with van der Waals surface area (Å²) in [5, 5.41) is 8.94. The summed E-state index contributed by atoms with van der Waals surface area (Å²) in [7, 11) is 0. The monoisotopic (exact) mass is 172 g/mol. The van der Waals surface area contributed by atoms with E-state index in [2.05, 4.69) is 0 Å². The second-order valence-corrected chi connectivity index (χ2v) is 2.83. The average Bonchev–Trinajstić information content (AvgIpc) is 1.81. The number of rotatable bonds is 2. The summed E-state index contributed by atoms with van der Waals surface area (Å²) >= 11 is 0. The fourth-order valence-corrected chi connectivity index (χ4v) is 1.07. The molecule has 0 radical (unpaired) electrons. The highest BCUT2D eigenvalue weighted by Gasteiger charge is 2.02. The predicted molar refractivity (Wildman–Crippen MR) is 41.7 cm³/mol. The van der Waals surface area contributed by atoms with Crippen molar-refractivity contribution in [1.29, 1.82) is 0 Å². The first-order valence-corrected chi connectivity index (χ1v) is 3.71. The summed E-state index contributed by atoms with van der Waals surface area (Å²) in [6.45, 7) is 1.57. The van der Waals surface area contributed by atoms with Crippen molar-refractivity contribution in [3.05, 3.63) is 35.4 Å². The van der Waals surface area contributed by atoms with Crippen molar-refractivity contribution in [1.82, 2.24) is 0 Å². The van der Waals surface area contributed by atoms with Crippen molar-refractivity contribution in [2.45, 2.75) is 19.4 Å². The van der Waals surface area contributed by atoms with Gasteiger partial charge in [-0.05, 0) is 31.0 Å². The van der Waals surface area contributed by atoms with Gasteiger partial charge in [0.05, 0.1) is 6.10 Å². The smallest absolute Gasteiger partial charge is 0.126 e. The molecule has 1 aromatic carbocycles. The molecule has 1 aromatic rings. The molecular weight excluding hydrogens is 162 g/mol. The first-order chi connectivity index (χ1) is 5.58. The van der Waals surface area contributed by atoms with Crippen molar-refractivity contribution in [2.24, 2.45) is 0 Å². The molecule has 0 aliphatic rings. The predicted octanol–water partition coefficient (Wildman–Crippen LogP) is 1.89. The minimum absolute atomic E-state index is 0.272. The molecule has 0 aromatic heterocycles. The zero-order chi connectivity index (χ0) is 9.14. The van der Waals surface area contributed by atoms with Gasteiger partial charge in [0.25, 0.3) is 0 Å². The van der Waals surface area contributed by atoms with Crippen molar-refractivity contribution in [2.75, 3.05) is 0 Å². The third-order valence-electron chi connectivity index (χ3n) is 1.45. The topological polar surface area (TPSA) is 20.2 Å². The van der Waals surface area contributed by atoms with E-state index in [0.29, 0.717) is 5.56 Å². The summed E-state index contributed by atoms with van der Waals surface area (Å²) in [4.78, 5) is 0. The Balaban J connectivity index is 2.85. The lowest BCUT2D eigenvalue weighted by atomic mass is 10.1. The fourth-order valence-electron chi connectivity index (χ4n) is 1.07. The van der Waals surface area contributed by atoms with E-state index < -0.39 is 17.7 Å². The van der Waals surface area contributed by atoms with E-state index in [0.717, 1.165) is 6.07 Å². The number of hydrogen-bond acceptors (Lipinski definition) is 1. The maximum atomic E-state index is 12.6. The van der Waals surface area contributed by atoms with Crippen LogP contribution >= 0.6 is 0 Å². The van der Waals surface area contributed by atoms with Crippen LogP contribution in [0, 0.1) is 11.6 Å². The molecule has 0 spiro atoms. The molecule has 0 saturated carbocycles. The lowest BCUT2D eigenvalue weighted by Gasteiger charge is -2.03.